The maximum absolute atomic E-state index is 12.6. The van der Waals surface area contributed by atoms with Crippen LogP contribution < -0.4 is 9.46 Å². The van der Waals surface area contributed by atoms with Crippen LogP contribution in [-0.2, 0) is 10.0 Å². The number of ether oxygens (including phenoxy) is 1. The zero-order chi connectivity index (χ0) is 17.0. The first-order valence-electron chi connectivity index (χ1n) is 7.33. The van der Waals surface area contributed by atoms with E-state index in [0.29, 0.717) is 16.6 Å². The molecule has 4 nitrogen and oxygen atoms in total. The predicted octanol–water partition coefficient (Wildman–Crippen LogP) is 4.66. The van der Waals surface area contributed by atoms with E-state index in [0.717, 1.165) is 6.42 Å². The maximum atomic E-state index is 12.6. The van der Waals surface area contributed by atoms with E-state index in [1.54, 1.807) is 18.2 Å². The molecule has 6 heteroatoms. The summed E-state index contributed by atoms with van der Waals surface area (Å²) in [6.07, 6.45) is 1.03. The van der Waals surface area contributed by atoms with Gasteiger partial charge in [0.15, 0.2) is 0 Å². The van der Waals surface area contributed by atoms with Crippen molar-refractivity contribution >= 4 is 27.3 Å². The monoisotopic (exact) mass is 353 g/mol. The molecule has 2 aromatic carbocycles. The molecule has 0 saturated heterocycles. The quantitative estimate of drug-likeness (QED) is 0.821. The number of hydrogen-bond donors (Lipinski definition) is 1. The molecule has 1 N–H and O–H groups in total. The number of halogens is 1. The highest BCUT2D eigenvalue weighted by Gasteiger charge is 2.20. The number of methoxy groups -OCH3 is 1. The number of hydrogen-bond acceptors (Lipinski definition) is 3. The summed E-state index contributed by atoms with van der Waals surface area (Å²) in [4.78, 5) is 0.0125. The Balaban J connectivity index is 2.30. The highest BCUT2D eigenvalue weighted by molar-refractivity contribution is 7.92. The van der Waals surface area contributed by atoms with Crippen LogP contribution in [0.3, 0.4) is 0 Å². The maximum Gasteiger partial charge on any atom is 0.265 e. The second-order valence-electron chi connectivity index (χ2n) is 5.33. The lowest BCUT2D eigenvalue weighted by Gasteiger charge is -2.13. The fraction of sp³-hybridized carbons (Fsp3) is 0.294. The van der Waals surface area contributed by atoms with E-state index >= 15 is 0 Å². The van der Waals surface area contributed by atoms with E-state index in [1.165, 1.54) is 24.8 Å². The molecule has 124 valence electrons. The van der Waals surface area contributed by atoms with Gasteiger partial charge in [-0.1, -0.05) is 37.6 Å². The number of sulfonamides is 1. The highest BCUT2D eigenvalue weighted by atomic mass is 35.5. The molecule has 2 rings (SSSR count). The second-order valence-corrected chi connectivity index (χ2v) is 7.42. The number of anilines is 1. The third-order valence-corrected chi connectivity index (χ3v) is 5.40. The van der Waals surface area contributed by atoms with E-state index in [4.69, 9.17) is 16.3 Å². The molecule has 0 fully saturated rings. The Kier molecular flexibility index (Phi) is 5.55. The first-order valence-corrected chi connectivity index (χ1v) is 9.19. The minimum atomic E-state index is -3.78. The van der Waals surface area contributed by atoms with Gasteiger partial charge in [0.1, 0.15) is 10.6 Å². The van der Waals surface area contributed by atoms with Crippen LogP contribution in [0.4, 0.5) is 5.69 Å². The van der Waals surface area contributed by atoms with Crippen LogP contribution in [-0.4, -0.2) is 15.5 Å². The SMILES string of the molecule is CC[C@@H](C)c1ccc(NS(=O)(=O)c2cc(Cl)ccc2OC)cc1. The number of benzene rings is 2. The van der Waals surface area contributed by atoms with Gasteiger partial charge in [0.05, 0.1) is 7.11 Å². The average molecular weight is 354 g/mol. The lowest BCUT2D eigenvalue weighted by Crippen LogP contribution is -2.14. The molecule has 0 aromatic heterocycles. The number of rotatable bonds is 6. The summed E-state index contributed by atoms with van der Waals surface area (Å²) in [5.74, 6) is 0.687. The number of nitrogens with one attached hydrogen (secondary N) is 1. The molecule has 0 spiro atoms. The van der Waals surface area contributed by atoms with Gasteiger partial charge in [0, 0.05) is 10.7 Å². The molecule has 1 atom stereocenters. The van der Waals surface area contributed by atoms with Crippen LogP contribution >= 0.6 is 11.6 Å². The van der Waals surface area contributed by atoms with Gasteiger partial charge in [0.25, 0.3) is 10.0 Å². The third kappa shape index (κ3) is 4.18. The zero-order valence-electron chi connectivity index (χ0n) is 13.3. The molecule has 0 aliphatic rings. The van der Waals surface area contributed by atoms with Crippen molar-refractivity contribution in [2.45, 2.75) is 31.1 Å². The van der Waals surface area contributed by atoms with Gasteiger partial charge in [0.2, 0.25) is 0 Å². The molecule has 0 aliphatic heterocycles. The Hall–Kier alpha value is -1.72. The fourth-order valence-corrected chi connectivity index (χ4v) is 3.68. The minimum Gasteiger partial charge on any atom is -0.495 e. The van der Waals surface area contributed by atoms with Crippen molar-refractivity contribution in [1.82, 2.24) is 0 Å². The summed E-state index contributed by atoms with van der Waals surface area (Å²) >= 11 is 5.91. The summed E-state index contributed by atoms with van der Waals surface area (Å²) in [6.45, 7) is 4.25. The fourth-order valence-electron chi connectivity index (χ4n) is 2.19. The Morgan fingerprint density at radius 1 is 1.17 bits per heavy atom. The lowest BCUT2D eigenvalue weighted by molar-refractivity contribution is 0.403. The van der Waals surface area contributed by atoms with Crippen molar-refractivity contribution in [2.24, 2.45) is 0 Å². The van der Waals surface area contributed by atoms with Crippen LogP contribution in [0.15, 0.2) is 47.4 Å². The van der Waals surface area contributed by atoms with Gasteiger partial charge >= 0.3 is 0 Å². The summed E-state index contributed by atoms with van der Waals surface area (Å²) in [6, 6.07) is 11.9. The smallest absolute Gasteiger partial charge is 0.265 e. The Morgan fingerprint density at radius 3 is 2.39 bits per heavy atom. The molecule has 0 aliphatic carbocycles. The summed E-state index contributed by atoms with van der Waals surface area (Å²) in [7, 11) is -2.36. The lowest BCUT2D eigenvalue weighted by atomic mass is 9.99. The van der Waals surface area contributed by atoms with E-state index in [9.17, 15) is 8.42 Å². The van der Waals surface area contributed by atoms with Crippen LogP contribution in [0.5, 0.6) is 5.75 Å². The largest absolute Gasteiger partial charge is 0.495 e. The standard InChI is InChI=1S/C17H20ClNO3S/c1-4-12(2)13-5-8-15(9-6-13)19-23(20,21)17-11-14(18)7-10-16(17)22-3/h5-12,19H,4H2,1-3H3/t12-/m1/s1. The van der Waals surface area contributed by atoms with Crippen molar-refractivity contribution < 1.29 is 13.2 Å². The molecule has 2 aromatic rings. The van der Waals surface area contributed by atoms with Crippen LogP contribution in [0.1, 0.15) is 31.7 Å². The van der Waals surface area contributed by atoms with Crippen molar-refractivity contribution in [3.8, 4) is 5.75 Å². The van der Waals surface area contributed by atoms with Crippen molar-refractivity contribution in [1.29, 1.82) is 0 Å². The summed E-state index contributed by atoms with van der Waals surface area (Å²) < 4.78 is 32.8. The van der Waals surface area contributed by atoms with Crippen molar-refractivity contribution in [3.63, 3.8) is 0 Å². The van der Waals surface area contributed by atoms with E-state index < -0.39 is 10.0 Å². The van der Waals surface area contributed by atoms with Crippen LogP contribution in [0.25, 0.3) is 0 Å². The molecule has 0 amide bonds. The van der Waals surface area contributed by atoms with E-state index in [2.05, 4.69) is 18.6 Å². The summed E-state index contributed by atoms with van der Waals surface area (Å²) in [5.41, 5.74) is 1.68. The molecular weight excluding hydrogens is 334 g/mol. The average Bonchev–Trinajstić information content (AvgIpc) is 2.54. The predicted molar refractivity (Wildman–Crippen MR) is 94.0 cm³/mol. The molecule has 0 saturated carbocycles. The van der Waals surface area contributed by atoms with Gasteiger partial charge < -0.3 is 4.74 Å². The normalized spacial score (nSPS) is 12.7. The van der Waals surface area contributed by atoms with Gasteiger partial charge in [-0.3, -0.25) is 4.72 Å². The Bertz CT molecular complexity index is 773. The molecule has 0 bridgehead atoms. The van der Waals surface area contributed by atoms with Gasteiger partial charge in [-0.15, -0.1) is 0 Å². The first-order chi connectivity index (χ1) is 10.9. The van der Waals surface area contributed by atoms with E-state index in [-0.39, 0.29) is 10.6 Å². The molecule has 0 unspecified atom stereocenters. The van der Waals surface area contributed by atoms with Crippen LogP contribution in [0.2, 0.25) is 5.02 Å². The Labute approximate surface area is 142 Å². The van der Waals surface area contributed by atoms with E-state index in [1.807, 2.05) is 12.1 Å². The van der Waals surface area contributed by atoms with Gasteiger partial charge in [-0.25, -0.2) is 8.42 Å². The van der Waals surface area contributed by atoms with Crippen LogP contribution in [0, 0.1) is 0 Å². The van der Waals surface area contributed by atoms with Gasteiger partial charge in [-0.2, -0.15) is 0 Å². The second kappa shape index (κ2) is 7.23. The minimum absolute atomic E-state index is 0.0125. The Morgan fingerprint density at radius 2 is 1.83 bits per heavy atom. The molecule has 23 heavy (non-hydrogen) atoms. The van der Waals surface area contributed by atoms with Gasteiger partial charge in [-0.05, 0) is 48.2 Å². The topological polar surface area (TPSA) is 55.4 Å². The molecule has 0 radical (unpaired) electrons. The molecular formula is C17H20ClNO3S. The third-order valence-electron chi connectivity index (χ3n) is 3.76. The highest BCUT2D eigenvalue weighted by Crippen LogP contribution is 2.29. The molecule has 0 heterocycles. The summed E-state index contributed by atoms with van der Waals surface area (Å²) in [5, 5.41) is 0.332. The van der Waals surface area contributed by atoms with Crippen molar-refractivity contribution in [2.75, 3.05) is 11.8 Å². The van der Waals surface area contributed by atoms with Crippen molar-refractivity contribution in [3.05, 3.63) is 53.1 Å². The first kappa shape index (κ1) is 17.6. The zero-order valence-corrected chi connectivity index (χ0v) is 14.9.